The Labute approximate surface area is 217 Å². The van der Waals surface area contributed by atoms with Crippen LogP contribution in [0.4, 0.5) is 4.79 Å². The van der Waals surface area contributed by atoms with Crippen molar-refractivity contribution in [3.63, 3.8) is 0 Å². The molecule has 0 aromatic heterocycles. The standard InChI is InChI=1S/C30H55NO3Si/c1-21(2)35(22(3)4,23(5)6)34-27-20-24(7)19-26-15-14-25-13-11-17-31(18-12-16-30(25,26)27)28(32)33-29(8,9)10/h14,21-24,26-27H,11-13,15-20H2,1-10H3. The molecule has 0 N–H and O–H groups in total. The second-order valence-corrected chi connectivity index (χ2v) is 19.3. The van der Waals surface area contributed by atoms with Crippen molar-refractivity contribution < 1.29 is 14.0 Å². The van der Waals surface area contributed by atoms with Gasteiger partial charge in [-0.3, -0.25) is 0 Å². The summed E-state index contributed by atoms with van der Waals surface area (Å²) in [6.45, 7) is 24.4. The van der Waals surface area contributed by atoms with Gasteiger partial charge in [0.05, 0.1) is 6.10 Å². The first-order chi connectivity index (χ1) is 16.2. The van der Waals surface area contributed by atoms with Gasteiger partial charge in [-0.25, -0.2) is 4.79 Å². The molecule has 1 heterocycles. The third kappa shape index (κ3) is 5.71. The van der Waals surface area contributed by atoms with E-state index in [0.717, 1.165) is 38.8 Å². The van der Waals surface area contributed by atoms with Crippen molar-refractivity contribution in [2.24, 2.45) is 17.3 Å². The van der Waals surface area contributed by atoms with E-state index < -0.39 is 13.9 Å². The number of carbonyl (C=O) groups excluding carboxylic acids is 1. The maximum Gasteiger partial charge on any atom is 0.410 e. The van der Waals surface area contributed by atoms with Crippen molar-refractivity contribution >= 4 is 14.4 Å². The van der Waals surface area contributed by atoms with Crippen LogP contribution in [0.1, 0.15) is 114 Å². The van der Waals surface area contributed by atoms with Crippen LogP contribution in [0.25, 0.3) is 0 Å². The molecule has 35 heavy (non-hydrogen) atoms. The Balaban J connectivity index is 1.93. The second kappa shape index (κ2) is 10.9. The van der Waals surface area contributed by atoms with Gasteiger partial charge >= 0.3 is 6.09 Å². The zero-order valence-corrected chi connectivity index (χ0v) is 25.6. The van der Waals surface area contributed by atoms with Crippen molar-refractivity contribution in [3.05, 3.63) is 11.6 Å². The summed E-state index contributed by atoms with van der Waals surface area (Å²) in [5.41, 5.74) is 3.17. The molecule has 4 unspecified atom stereocenters. The fourth-order valence-corrected chi connectivity index (χ4v) is 13.8. The minimum absolute atomic E-state index is 0.150. The first-order valence-corrected chi connectivity index (χ1v) is 16.7. The minimum Gasteiger partial charge on any atom is -0.444 e. The van der Waals surface area contributed by atoms with E-state index >= 15 is 0 Å². The Morgan fingerprint density at radius 2 is 1.63 bits per heavy atom. The van der Waals surface area contributed by atoms with Crippen molar-refractivity contribution in [1.82, 2.24) is 4.90 Å². The summed E-state index contributed by atoms with van der Waals surface area (Å²) in [5, 5.41) is 0. The van der Waals surface area contributed by atoms with E-state index in [9.17, 15) is 4.79 Å². The average molecular weight is 506 g/mol. The molecule has 1 spiro atoms. The van der Waals surface area contributed by atoms with E-state index in [0.29, 0.717) is 34.6 Å². The lowest BCUT2D eigenvalue weighted by atomic mass is 9.58. The summed E-state index contributed by atoms with van der Waals surface area (Å²) in [6, 6.07) is 0. The molecule has 4 nitrogen and oxygen atoms in total. The van der Waals surface area contributed by atoms with E-state index in [2.05, 4.69) is 54.5 Å². The highest BCUT2D eigenvalue weighted by atomic mass is 28.4. The van der Waals surface area contributed by atoms with Crippen LogP contribution < -0.4 is 0 Å². The van der Waals surface area contributed by atoms with Gasteiger partial charge in [0.2, 0.25) is 8.32 Å². The molecule has 0 aromatic rings. The molecular formula is C30H55NO3Si. The van der Waals surface area contributed by atoms with Crippen LogP contribution in [0, 0.1) is 17.3 Å². The van der Waals surface area contributed by atoms with Crippen LogP contribution in [-0.4, -0.2) is 44.1 Å². The van der Waals surface area contributed by atoms with Crippen LogP contribution in [0.3, 0.4) is 0 Å². The molecule has 1 aliphatic heterocycles. The number of allylic oxidation sites excluding steroid dienone is 1. The van der Waals surface area contributed by atoms with Gasteiger partial charge in [0.1, 0.15) is 5.60 Å². The van der Waals surface area contributed by atoms with Crippen molar-refractivity contribution in [2.75, 3.05) is 13.1 Å². The molecular weight excluding hydrogens is 450 g/mol. The van der Waals surface area contributed by atoms with E-state index in [4.69, 9.17) is 9.16 Å². The van der Waals surface area contributed by atoms with Gasteiger partial charge in [-0.1, -0.05) is 60.1 Å². The minimum atomic E-state index is -2.00. The predicted octanol–water partition coefficient (Wildman–Crippen LogP) is 8.72. The van der Waals surface area contributed by atoms with Crippen LogP contribution in [0.2, 0.25) is 16.6 Å². The molecule has 2 aliphatic carbocycles. The summed E-state index contributed by atoms with van der Waals surface area (Å²) in [5.74, 6) is 1.41. The number of rotatable bonds is 5. The highest BCUT2D eigenvalue weighted by Crippen LogP contribution is 2.60. The normalized spacial score (nSPS) is 30.5. The number of carbonyl (C=O) groups is 1. The van der Waals surface area contributed by atoms with Gasteiger partial charge in [-0.2, -0.15) is 0 Å². The fraction of sp³-hybridized carbons (Fsp3) is 0.900. The Morgan fingerprint density at radius 1 is 1.03 bits per heavy atom. The maximum absolute atomic E-state index is 12.9. The SMILES string of the molecule is CC1CC2CC=C3CCCN(C(=O)OC(C)(C)C)CCCC32C(O[Si](C(C)C)(C(C)C)C(C)C)C1. The summed E-state index contributed by atoms with van der Waals surface area (Å²) < 4.78 is 13.4. The number of ether oxygens (including phenoxy) is 1. The van der Waals surface area contributed by atoms with Crippen molar-refractivity contribution in [3.8, 4) is 0 Å². The highest BCUT2D eigenvalue weighted by molar-refractivity contribution is 6.77. The molecule has 3 rings (SSSR count). The van der Waals surface area contributed by atoms with Gasteiger partial charge < -0.3 is 14.1 Å². The van der Waals surface area contributed by atoms with Gasteiger partial charge in [0, 0.05) is 18.5 Å². The van der Waals surface area contributed by atoms with Gasteiger partial charge in [-0.05, 0) is 94.2 Å². The average Bonchev–Trinajstić information content (AvgIpc) is 3.09. The lowest BCUT2D eigenvalue weighted by Crippen LogP contribution is -2.57. The summed E-state index contributed by atoms with van der Waals surface area (Å²) in [4.78, 5) is 14.9. The molecule has 0 bridgehead atoms. The molecule has 4 atom stereocenters. The lowest BCUT2D eigenvalue weighted by molar-refractivity contribution is -0.0398. The Hall–Kier alpha value is -0.813. The largest absolute Gasteiger partial charge is 0.444 e. The van der Waals surface area contributed by atoms with E-state index in [1.807, 2.05) is 25.7 Å². The summed E-state index contributed by atoms with van der Waals surface area (Å²) >= 11 is 0. The first-order valence-electron chi connectivity index (χ1n) is 14.6. The zero-order chi connectivity index (χ0) is 26.2. The van der Waals surface area contributed by atoms with Crippen LogP contribution in [0.15, 0.2) is 11.6 Å². The van der Waals surface area contributed by atoms with Crippen molar-refractivity contribution in [2.45, 2.75) is 143 Å². The third-order valence-electron chi connectivity index (χ3n) is 9.45. The maximum atomic E-state index is 12.9. The molecule has 5 heteroatoms. The van der Waals surface area contributed by atoms with Gasteiger partial charge in [0.25, 0.3) is 0 Å². The van der Waals surface area contributed by atoms with Gasteiger partial charge in [0.15, 0.2) is 0 Å². The lowest BCUT2D eigenvalue weighted by Gasteiger charge is -2.55. The molecule has 0 aromatic carbocycles. The molecule has 1 saturated carbocycles. The molecule has 2 fully saturated rings. The third-order valence-corrected chi connectivity index (χ3v) is 15.6. The molecule has 0 radical (unpaired) electrons. The summed E-state index contributed by atoms with van der Waals surface area (Å²) in [6.07, 6.45) is 10.7. The zero-order valence-electron chi connectivity index (χ0n) is 24.6. The Bertz CT molecular complexity index is 746. The number of amides is 1. The highest BCUT2D eigenvalue weighted by Gasteiger charge is 2.57. The van der Waals surface area contributed by atoms with Crippen LogP contribution >= 0.6 is 0 Å². The number of hydrogen-bond acceptors (Lipinski definition) is 3. The second-order valence-electron chi connectivity index (χ2n) is 13.9. The van der Waals surface area contributed by atoms with E-state index in [-0.39, 0.29) is 11.5 Å². The number of nitrogens with zero attached hydrogens (tertiary/aromatic N) is 1. The van der Waals surface area contributed by atoms with E-state index in [1.54, 1.807) is 5.57 Å². The Morgan fingerprint density at radius 3 is 2.20 bits per heavy atom. The summed E-state index contributed by atoms with van der Waals surface area (Å²) in [7, 11) is -2.00. The molecule has 3 aliphatic rings. The predicted molar refractivity (Wildman–Crippen MR) is 149 cm³/mol. The molecule has 202 valence electrons. The number of hydrogen-bond donors (Lipinski definition) is 0. The van der Waals surface area contributed by atoms with Crippen LogP contribution in [-0.2, 0) is 9.16 Å². The topological polar surface area (TPSA) is 38.8 Å². The van der Waals surface area contributed by atoms with E-state index in [1.165, 1.54) is 19.3 Å². The van der Waals surface area contributed by atoms with Crippen molar-refractivity contribution in [1.29, 1.82) is 0 Å². The monoisotopic (exact) mass is 505 g/mol. The smallest absolute Gasteiger partial charge is 0.410 e. The fourth-order valence-electron chi connectivity index (χ4n) is 8.19. The first kappa shape index (κ1) is 28.8. The van der Waals surface area contributed by atoms with Gasteiger partial charge in [-0.15, -0.1) is 0 Å². The quantitative estimate of drug-likeness (QED) is 0.277. The van der Waals surface area contributed by atoms with Crippen LogP contribution in [0.5, 0.6) is 0 Å². The molecule has 1 saturated heterocycles. The Kier molecular flexibility index (Phi) is 8.95. The molecule has 1 amide bonds.